The minimum atomic E-state index is 0.652. The third-order valence-corrected chi connectivity index (χ3v) is 5.30. The second-order valence-electron chi connectivity index (χ2n) is 5.33. The summed E-state index contributed by atoms with van der Waals surface area (Å²) in [5.74, 6) is 0.652. The predicted octanol–water partition coefficient (Wildman–Crippen LogP) is 4.24. The van der Waals surface area contributed by atoms with E-state index in [2.05, 4.69) is 50.4 Å². The van der Waals surface area contributed by atoms with Gasteiger partial charge in [0, 0.05) is 28.8 Å². The van der Waals surface area contributed by atoms with Gasteiger partial charge < -0.3 is 5.32 Å². The van der Waals surface area contributed by atoms with Crippen LogP contribution in [0.2, 0.25) is 0 Å². The Morgan fingerprint density at radius 3 is 2.72 bits per heavy atom. The van der Waals surface area contributed by atoms with Crippen molar-refractivity contribution in [2.45, 2.75) is 33.2 Å². The summed E-state index contributed by atoms with van der Waals surface area (Å²) in [6.07, 6.45) is 0. The zero-order valence-corrected chi connectivity index (χ0v) is 12.0. The Labute approximate surface area is 113 Å². The minimum absolute atomic E-state index is 0.652. The molecule has 3 rings (SSSR count). The SMILES string of the molecule is Cc1ccc(-c2cc3c(s2)C(C)CNC3)cc1C. The number of aryl methyl sites for hydroxylation is 2. The Kier molecular flexibility index (Phi) is 3.00. The fourth-order valence-corrected chi connectivity index (χ4v) is 3.78. The molecule has 18 heavy (non-hydrogen) atoms. The highest BCUT2D eigenvalue weighted by Gasteiger charge is 2.19. The highest BCUT2D eigenvalue weighted by Crippen LogP contribution is 2.37. The Bertz CT molecular complexity index is 583. The lowest BCUT2D eigenvalue weighted by Gasteiger charge is -2.18. The molecule has 94 valence electrons. The Morgan fingerprint density at radius 2 is 2.00 bits per heavy atom. The molecule has 2 aromatic rings. The van der Waals surface area contributed by atoms with Crippen LogP contribution in [0, 0.1) is 13.8 Å². The van der Waals surface area contributed by atoms with Gasteiger partial charge in [-0.15, -0.1) is 11.3 Å². The van der Waals surface area contributed by atoms with Crippen molar-refractivity contribution in [3.63, 3.8) is 0 Å². The number of nitrogens with one attached hydrogen (secondary N) is 1. The van der Waals surface area contributed by atoms with Gasteiger partial charge in [0.15, 0.2) is 0 Å². The van der Waals surface area contributed by atoms with E-state index in [1.54, 1.807) is 4.88 Å². The van der Waals surface area contributed by atoms with Gasteiger partial charge >= 0.3 is 0 Å². The number of rotatable bonds is 1. The second kappa shape index (κ2) is 4.52. The lowest BCUT2D eigenvalue weighted by atomic mass is 10.0. The zero-order valence-electron chi connectivity index (χ0n) is 11.2. The standard InChI is InChI=1S/C16H19NS/c1-10-4-5-13(6-11(10)2)15-7-14-9-17-8-12(3)16(14)18-15/h4-7,12,17H,8-9H2,1-3H3. The number of hydrogen-bond acceptors (Lipinski definition) is 2. The monoisotopic (exact) mass is 257 g/mol. The molecule has 1 aliphatic heterocycles. The number of thiophene rings is 1. The molecule has 0 amide bonds. The highest BCUT2D eigenvalue weighted by molar-refractivity contribution is 7.15. The number of fused-ring (bicyclic) bond motifs is 1. The lowest BCUT2D eigenvalue weighted by molar-refractivity contribution is 0.581. The van der Waals surface area contributed by atoms with Crippen LogP contribution in [0.1, 0.15) is 34.4 Å². The third kappa shape index (κ3) is 2.00. The molecule has 0 radical (unpaired) electrons. The molecule has 2 heteroatoms. The molecule has 1 atom stereocenters. The van der Waals surface area contributed by atoms with E-state index in [0.717, 1.165) is 13.1 Å². The van der Waals surface area contributed by atoms with Gasteiger partial charge in [-0.2, -0.15) is 0 Å². The third-order valence-electron chi connectivity index (χ3n) is 3.85. The normalized spacial score (nSPS) is 18.7. The molecule has 1 unspecified atom stereocenters. The first kappa shape index (κ1) is 11.9. The number of benzene rings is 1. The zero-order chi connectivity index (χ0) is 12.7. The van der Waals surface area contributed by atoms with E-state index >= 15 is 0 Å². The van der Waals surface area contributed by atoms with Crippen LogP contribution in [0.15, 0.2) is 24.3 Å². The van der Waals surface area contributed by atoms with Crippen molar-refractivity contribution in [1.82, 2.24) is 5.32 Å². The first-order valence-corrected chi connectivity index (χ1v) is 7.38. The second-order valence-corrected chi connectivity index (χ2v) is 6.41. The first-order chi connectivity index (χ1) is 8.65. The van der Waals surface area contributed by atoms with Crippen molar-refractivity contribution >= 4 is 11.3 Å². The van der Waals surface area contributed by atoms with Crippen molar-refractivity contribution in [1.29, 1.82) is 0 Å². The highest BCUT2D eigenvalue weighted by atomic mass is 32.1. The van der Waals surface area contributed by atoms with Gasteiger partial charge in [0.1, 0.15) is 0 Å². The maximum absolute atomic E-state index is 3.48. The van der Waals surface area contributed by atoms with Crippen molar-refractivity contribution in [3.8, 4) is 10.4 Å². The number of hydrogen-bond donors (Lipinski definition) is 1. The van der Waals surface area contributed by atoms with E-state index in [-0.39, 0.29) is 0 Å². The average Bonchev–Trinajstić information content (AvgIpc) is 2.78. The van der Waals surface area contributed by atoms with Crippen LogP contribution >= 0.6 is 11.3 Å². The fraction of sp³-hybridized carbons (Fsp3) is 0.375. The minimum Gasteiger partial charge on any atom is -0.312 e. The summed E-state index contributed by atoms with van der Waals surface area (Å²) in [4.78, 5) is 2.99. The van der Waals surface area contributed by atoms with Gasteiger partial charge in [0.25, 0.3) is 0 Å². The van der Waals surface area contributed by atoms with Crippen molar-refractivity contribution in [2.24, 2.45) is 0 Å². The van der Waals surface area contributed by atoms with E-state index < -0.39 is 0 Å². The molecule has 1 aromatic heterocycles. The quantitative estimate of drug-likeness (QED) is 0.806. The molecular formula is C16H19NS. The van der Waals surface area contributed by atoms with Crippen molar-refractivity contribution in [3.05, 3.63) is 45.8 Å². The summed E-state index contributed by atoms with van der Waals surface area (Å²) < 4.78 is 0. The molecule has 0 fully saturated rings. The Morgan fingerprint density at radius 1 is 1.17 bits per heavy atom. The molecule has 0 aliphatic carbocycles. The molecule has 1 N–H and O–H groups in total. The summed E-state index contributed by atoms with van der Waals surface area (Å²) in [5, 5.41) is 3.48. The van der Waals surface area contributed by atoms with Gasteiger partial charge in [0.2, 0.25) is 0 Å². The molecule has 0 spiro atoms. The van der Waals surface area contributed by atoms with E-state index in [1.165, 1.54) is 27.1 Å². The molecular weight excluding hydrogens is 238 g/mol. The fourth-order valence-electron chi connectivity index (χ4n) is 2.55. The maximum Gasteiger partial charge on any atom is 0.0349 e. The first-order valence-electron chi connectivity index (χ1n) is 6.56. The van der Waals surface area contributed by atoms with Crippen LogP contribution in [0.3, 0.4) is 0 Å². The molecule has 1 aliphatic rings. The van der Waals surface area contributed by atoms with Gasteiger partial charge in [-0.05, 0) is 42.2 Å². The van der Waals surface area contributed by atoms with Gasteiger partial charge in [0.05, 0.1) is 0 Å². The van der Waals surface area contributed by atoms with Crippen molar-refractivity contribution < 1.29 is 0 Å². The maximum atomic E-state index is 3.48. The Balaban J connectivity index is 2.04. The van der Waals surface area contributed by atoms with Crippen LogP contribution < -0.4 is 5.32 Å². The lowest BCUT2D eigenvalue weighted by Crippen LogP contribution is -2.24. The van der Waals surface area contributed by atoms with E-state index in [4.69, 9.17) is 0 Å². The van der Waals surface area contributed by atoms with Crippen LogP contribution in [-0.4, -0.2) is 6.54 Å². The average molecular weight is 257 g/mol. The van der Waals surface area contributed by atoms with Gasteiger partial charge in [-0.25, -0.2) is 0 Å². The van der Waals surface area contributed by atoms with Crippen LogP contribution in [0.25, 0.3) is 10.4 Å². The van der Waals surface area contributed by atoms with Crippen LogP contribution in [0.5, 0.6) is 0 Å². The molecule has 0 saturated carbocycles. The molecule has 0 bridgehead atoms. The van der Waals surface area contributed by atoms with Gasteiger partial charge in [-0.1, -0.05) is 25.1 Å². The smallest absolute Gasteiger partial charge is 0.0349 e. The molecule has 1 nitrogen and oxygen atoms in total. The summed E-state index contributed by atoms with van der Waals surface area (Å²) in [6.45, 7) is 8.81. The van der Waals surface area contributed by atoms with E-state index in [0.29, 0.717) is 5.92 Å². The molecule has 2 heterocycles. The van der Waals surface area contributed by atoms with Crippen LogP contribution in [-0.2, 0) is 6.54 Å². The molecule has 0 saturated heterocycles. The topological polar surface area (TPSA) is 12.0 Å². The summed E-state index contributed by atoms with van der Waals surface area (Å²) in [5.41, 5.74) is 5.61. The van der Waals surface area contributed by atoms with Crippen LogP contribution in [0.4, 0.5) is 0 Å². The summed E-state index contributed by atoms with van der Waals surface area (Å²) >= 11 is 1.97. The van der Waals surface area contributed by atoms with Crippen molar-refractivity contribution in [2.75, 3.05) is 6.54 Å². The van der Waals surface area contributed by atoms with E-state index in [9.17, 15) is 0 Å². The molecule has 1 aromatic carbocycles. The Hall–Kier alpha value is -1.12. The van der Waals surface area contributed by atoms with Gasteiger partial charge in [-0.3, -0.25) is 0 Å². The predicted molar refractivity (Wildman–Crippen MR) is 79.4 cm³/mol. The largest absolute Gasteiger partial charge is 0.312 e. The van der Waals surface area contributed by atoms with E-state index in [1.807, 2.05) is 11.3 Å². The summed E-state index contributed by atoms with van der Waals surface area (Å²) in [6, 6.07) is 9.15. The summed E-state index contributed by atoms with van der Waals surface area (Å²) in [7, 11) is 0.